The number of hydrazone groups is 1. The molecule has 0 bridgehead atoms. The number of thiazole rings is 1. The van der Waals surface area contributed by atoms with E-state index in [0.29, 0.717) is 0 Å². The summed E-state index contributed by atoms with van der Waals surface area (Å²) in [5, 5.41) is 9.21. The SMILES string of the molecule is O=C(CNC(=O)c1cscn1)NN=Cc1c(-c2ccccc2)[nH]c2ccccc12. The number of amides is 2. The van der Waals surface area contributed by atoms with Gasteiger partial charge < -0.3 is 10.3 Å². The van der Waals surface area contributed by atoms with Crippen molar-refractivity contribution < 1.29 is 9.59 Å². The number of carbonyl (C=O) groups excluding carboxylic acids is 2. The van der Waals surface area contributed by atoms with Gasteiger partial charge in [-0.15, -0.1) is 11.3 Å². The Balaban J connectivity index is 1.48. The second-order valence-corrected chi connectivity index (χ2v) is 6.89. The van der Waals surface area contributed by atoms with Gasteiger partial charge in [0.2, 0.25) is 0 Å². The Kier molecular flexibility index (Phi) is 5.44. The van der Waals surface area contributed by atoms with Gasteiger partial charge in [0.05, 0.1) is 24.0 Å². The van der Waals surface area contributed by atoms with Crippen molar-refractivity contribution in [1.29, 1.82) is 0 Å². The van der Waals surface area contributed by atoms with Crippen LogP contribution in [0.1, 0.15) is 16.1 Å². The number of hydrogen-bond donors (Lipinski definition) is 3. The Bertz CT molecular complexity index is 1170. The lowest BCUT2D eigenvalue weighted by Crippen LogP contribution is -2.35. The van der Waals surface area contributed by atoms with Gasteiger partial charge >= 0.3 is 0 Å². The van der Waals surface area contributed by atoms with Crippen molar-refractivity contribution in [3.05, 3.63) is 76.7 Å². The van der Waals surface area contributed by atoms with Crippen LogP contribution in [0.3, 0.4) is 0 Å². The third kappa shape index (κ3) is 4.22. The van der Waals surface area contributed by atoms with E-state index < -0.39 is 11.8 Å². The first-order valence-corrected chi connectivity index (χ1v) is 9.81. The molecule has 8 heteroatoms. The van der Waals surface area contributed by atoms with Crippen LogP contribution in [0.5, 0.6) is 0 Å². The van der Waals surface area contributed by atoms with Crippen LogP contribution < -0.4 is 10.7 Å². The predicted molar refractivity (Wildman–Crippen MR) is 114 cm³/mol. The van der Waals surface area contributed by atoms with Crippen LogP contribution in [0.4, 0.5) is 0 Å². The Morgan fingerprint density at radius 1 is 1.10 bits per heavy atom. The molecule has 3 N–H and O–H groups in total. The number of nitrogens with one attached hydrogen (secondary N) is 3. The summed E-state index contributed by atoms with van der Waals surface area (Å²) in [6.07, 6.45) is 1.61. The summed E-state index contributed by atoms with van der Waals surface area (Å²) < 4.78 is 0. The summed E-state index contributed by atoms with van der Waals surface area (Å²) in [5.74, 6) is -0.820. The fourth-order valence-corrected chi connectivity index (χ4v) is 3.45. The van der Waals surface area contributed by atoms with E-state index in [-0.39, 0.29) is 12.2 Å². The molecule has 0 saturated carbocycles. The molecule has 4 aromatic rings. The highest BCUT2D eigenvalue weighted by Gasteiger charge is 2.12. The number of para-hydroxylation sites is 1. The average molecular weight is 403 g/mol. The highest BCUT2D eigenvalue weighted by atomic mass is 32.1. The minimum absolute atomic E-state index is 0.187. The predicted octanol–water partition coefficient (Wildman–Crippen LogP) is 3.17. The first kappa shape index (κ1) is 18.6. The molecule has 2 aromatic heterocycles. The van der Waals surface area contributed by atoms with Gasteiger partial charge in [0.25, 0.3) is 11.8 Å². The van der Waals surface area contributed by atoms with E-state index in [1.54, 1.807) is 17.1 Å². The molecule has 0 aliphatic heterocycles. The summed E-state index contributed by atoms with van der Waals surface area (Å²) in [6.45, 7) is -0.187. The molecule has 0 atom stereocenters. The van der Waals surface area contributed by atoms with E-state index in [4.69, 9.17) is 0 Å². The van der Waals surface area contributed by atoms with Crippen LogP contribution in [0.15, 0.2) is 70.6 Å². The molecule has 0 unspecified atom stereocenters. The van der Waals surface area contributed by atoms with Gasteiger partial charge in [-0.05, 0) is 11.6 Å². The van der Waals surface area contributed by atoms with Crippen molar-refractivity contribution in [2.24, 2.45) is 5.10 Å². The van der Waals surface area contributed by atoms with Gasteiger partial charge in [-0.2, -0.15) is 5.10 Å². The lowest BCUT2D eigenvalue weighted by Gasteiger charge is -2.03. The third-order valence-corrected chi connectivity index (χ3v) is 4.85. The number of benzene rings is 2. The van der Waals surface area contributed by atoms with E-state index in [1.807, 2.05) is 54.6 Å². The fourth-order valence-electron chi connectivity index (χ4n) is 2.91. The summed E-state index contributed by atoms with van der Waals surface area (Å²) in [7, 11) is 0. The van der Waals surface area contributed by atoms with Gasteiger partial charge in [-0.3, -0.25) is 9.59 Å². The maximum absolute atomic E-state index is 12.0. The minimum atomic E-state index is -0.425. The Labute approximate surface area is 170 Å². The lowest BCUT2D eigenvalue weighted by molar-refractivity contribution is -0.120. The fraction of sp³-hybridized carbons (Fsp3) is 0.0476. The zero-order valence-corrected chi connectivity index (χ0v) is 16.1. The Hall–Kier alpha value is -3.78. The van der Waals surface area contributed by atoms with Gasteiger partial charge in [0.15, 0.2) is 0 Å². The van der Waals surface area contributed by atoms with Crippen LogP contribution in [-0.4, -0.2) is 34.5 Å². The maximum atomic E-state index is 12.0. The van der Waals surface area contributed by atoms with Crippen molar-refractivity contribution in [1.82, 2.24) is 20.7 Å². The molecule has 7 nitrogen and oxygen atoms in total. The van der Waals surface area contributed by atoms with Crippen LogP contribution >= 0.6 is 11.3 Å². The molecule has 2 amide bonds. The molecule has 0 aliphatic carbocycles. The van der Waals surface area contributed by atoms with Crippen molar-refractivity contribution in [2.75, 3.05) is 6.54 Å². The highest BCUT2D eigenvalue weighted by Crippen LogP contribution is 2.28. The first-order chi connectivity index (χ1) is 14.2. The van der Waals surface area contributed by atoms with Crippen LogP contribution in [0.25, 0.3) is 22.2 Å². The Morgan fingerprint density at radius 3 is 2.69 bits per heavy atom. The summed E-state index contributed by atoms with van der Waals surface area (Å²) in [4.78, 5) is 31.1. The molecule has 0 spiro atoms. The van der Waals surface area contributed by atoms with E-state index in [1.165, 1.54) is 11.3 Å². The van der Waals surface area contributed by atoms with Crippen molar-refractivity contribution in [3.63, 3.8) is 0 Å². The number of aromatic nitrogens is 2. The molecule has 0 aliphatic rings. The smallest absolute Gasteiger partial charge is 0.271 e. The zero-order valence-electron chi connectivity index (χ0n) is 15.3. The summed E-state index contributed by atoms with van der Waals surface area (Å²) in [5.41, 5.74) is 8.09. The largest absolute Gasteiger partial charge is 0.354 e. The molecular weight excluding hydrogens is 386 g/mol. The minimum Gasteiger partial charge on any atom is -0.354 e. The molecule has 0 fully saturated rings. The quantitative estimate of drug-likeness (QED) is 0.341. The number of hydrogen-bond acceptors (Lipinski definition) is 5. The average Bonchev–Trinajstić information content (AvgIpc) is 3.41. The number of H-pyrrole nitrogens is 1. The van der Waals surface area contributed by atoms with Gasteiger partial charge in [0, 0.05) is 21.8 Å². The molecular formula is C21H17N5O2S. The Morgan fingerprint density at radius 2 is 1.90 bits per heavy atom. The van der Waals surface area contributed by atoms with Crippen LogP contribution in [-0.2, 0) is 4.79 Å². The standard InChI is InChI=1S/C21H17N5O2S/c27-19(11-22-21(28)18-12-29-13-23-18)26-24-10-16-15-8-4-5-9-17(15)25-20(16)14-6-2-1-3-7-14/h1-10,12-13,25H,11H2,(H,22,28)(H,26,27). The monoisotopic (exact) mass is 403 g/mol. The molecule has 0 radical (unpaired) electrons. The van der Waals surface area contributed by atoms with Crippen molar-refractivity contribution in [2.45, 2.75) is 0 Å². The van der Waals surface area contributed by atoms with E-state index >= 15 is 0 Å². The lowest BCUT2D eigenvalue weighted by atomic mass is 10.1. The van der Waals surface area contributed by atoms with Crippen molar-refractivity contribution in [3.8, 4) is 11.3 Å². The van der Waals surface area contributed by atoms with Crippen LogP contribution in [0, 0.1) is 0 Å². The van der Waals surface area contributed by atoms with Crippen LogP contribution in [0.2, 0.25) is 0 Å². The second kappa shape index (κ2) is 8.49. The zero-order chi connectivity index (χ0) is 20.1. The highest BCUT2D eigenvalue weighted by molar-refractivity contribution is 7.07. The molecule has 4 rings (SSSR count). The molecule has 0 saturated heterocycles. The number of nitrogens with zero attached hydrogens (tertiary/aromatic N) is 2. The number of carbonyl (C=O) groups is 2. The van der Waals surface area contributed by atoms with E-state index in [9.17, 15) is 9.59 Å². The first-order valence-electron chi connectivity index (χ1n) is 8.87. The molecule has 2 heterocycles. The molecule has 144 valence electrons. The van der Waals surface area contributed by atoms with E-state index in [0.717, 1.165) is 27.7 Å². The second-order valence-electron chi connectivity index (χ2n) is 6.17. The molecule has 2 aromatic carbocycles. The number of fused-ring (bicyclic) bond motifs is 1. The van der Waals surface area contributed by atoms with Gasteiger partial charge in [-0.25, -0.2) is 10.4 Å². The van der Waals surface area contributed by atoms with Gasteiger partial charge in [0.1, 0.15) is 5.69 Å². The topological polar surface area (TPSA) is 99.2 Å². The number of rotatable bonds is 6. The normalized spacial score (nSPS) is 11.0. The van der Waals surface area contributed by atoms with Gasteiger partial charge in [-0.1, -0.05) is 48.5 Å². The summed E-state index contributed by atoms with van der Waals surface area (Å²) in [6, 6.07) is 17.8. The number of aromatic amines is 1. The van der Waals surface area contributed by atoms with Crippen molar-refractivity contribution >= 4 is 40.3 Å². The molecule has 29 heavy (non-hydrogen) atoms. The summed E-state index contributed by atoms with van der Waals surface area (Å²) >= 11 is 1.32. The third-order valence-electron chi connectivity index (χ3n) is 4.27. The van der Waals surface area contributed by atoms with E-state index in [2.05, 4.69) is 25.8 Å². The maximum Gasteiger partial charge on any atom is 0.271 e.